The third-order valence-electron chi connectivity index (χ3n) is 4.74. The molecule has 5 nitrogen and oxygen atoms in total. The fourth-order valence-electron chi connectivity index (χ4n) is 3.04. The van der Waals surface area contributed by atoms with Gasteiger partial charge in [-0.3, -0.25) is 4.90 Å². The fraction of sp³-hybridized carbons (Fsp3) is 0.368. The van der Waals surface area contributed by atoms with Crippen LogP contribution in [0.5, 0.6) is 0 Å². The Bertz CT molecular complexity index is 882. The number of aryl methyl sites for hydroxylation is 1. The number of rotatable bonds is 6. The standard InChI is InChI=1S/C19H23ClFN3O2S/c1-15-2-7-18(14-19(15)20)27(25,26)22-8-9-23-10-12-24(13-11-23)17-5-3-16(21)4-6-17/h2-7,14,22H,8-13H2,1H3. The Kier molecular flexibility index (Phi) is 6.37. The minimum absolute atomic E-state index is 0.180. The number of anilines is 1. The van der Waals surface area contributed by atoms with Crippen LogP contribution in [0.2, 0.25) is 5.02 Å². The van der Waals surface area contributed by atoms with E-state index in [1.807, 2.05) is 6.92 Å². The molecule has 0 atom stereocenters. The van der Waals surface area contributed by atoms with Crippen molar-refractivity contribution in [3.8, 4) is 0 Å². The number of hydrogen-bond acceptors (Lipinski definition) is 4. The second-order valence-electron chi connectivity index (χ2n) is 6.61. The first-order valence-corrected chi connectivity index (χ1v) is 10.7. The molecule has 1 N–H and O–H groups in total. The SMILES string of the molecule is Cc1ccc(S(=O)(=O)NCCN2CCN(c3ccc(F)cc3)CC2)cc1Cl. The summed E-state index contributed by atoms with van der Waals surface area (Å²) < 4.78 is 40.4. The molecular formula is C19H23ClFN3O2S. The van der Waals surface area contributed by atoms with Crippen molar-refractivity contribution in [2.24, 2.45) is 0 Å². The van der Waals surface area contributed by atoms with Gasteiger partial charge in [0.2, 0.25) is 10.0 Å². The predicted octanol–water partition coefficient (Wildman–Crippen LogP) is 2.89. The molecule has 0 aliphatic carbocycles. The van der Waals surface area contributed by atoms with E-state index in [0.717, 1.165) is 37.4 Å². The number of benzene rings is 2. The second-order valence-corrected chi connectivity index (χ2v) is 8.79. The maximum Gasteiger partial charge on any atom is 0.240 e. The van der Waals surface area contributed by atoms with E-state index in [1.165, 1.54) is 18.2 Å². The van der Waals surface area contributed by atoms with Crippen LogP contribution in [-0.4, -0.2) is 52.6 Å². The van der Waals surface area contributed by atoms with Gasteiger partial charge in [0.25, 0.3) is 0 Å². The normalized spacial score (nSPS) is 15.9. The zero-order chi connectivity index (χ0) is 19.4. The molecule has 2 aromatic rings. The Morgan fingerprint density at radius 2 is 1.74 bits per heavy atom. The van der Waals surface area contributed by atoms with Crippen molar-refractivity contribution in [2.45, 2.75) is 11.8 Å². The number of sulfonamides is 1. The molecule has 1 heterocycles. The molecule has 0 radical (unpaired) electrons. The molecule has 0 bridgehead atoms. The highest BCUT2D eigenvalue weighted by Gasteiger charge is 2.19. The minimum atomic E-state index is -3.57. The van der Waals surface area contributed by atoms with Crippen molar-refractivity contribution in [1.29, 1.82) is 0 Å². The predicted molar refractivity (Wildman–Crippen MR) is 106 cm³/mol. The number of hydrogen-bond donors (Lipinski definition) is 1. The third-order valence-corrected chi connectivity index (χ3v) is 6.60. The van der Waals surface area contributed by atoms with Crippen LogP contribution >= 0.6 is 11.6 Å². The van der Waals surface area contributed by atoms with Crippen molar-refractivity contribution < 1.29 is 12.8 Å². The molecule has 3 rings (SSSR count). The molecule has 0 unspecified atom stereocenters. The Labute approximate surface area is 164 Å². The highest BCUT2D eigenvalue weighted by atomic mass is 35.5. The topological polar surface area (TPSA) is 52.7 Å². The van der Waals surface area contributed by atoms with Gasteiger partial charge in [-0.2, -0.15) is 0 Å². The molecule has 0 amide bonds. The van der Waals surface area contributed by atoms with Crippen molar-refractivity contribution in [3.63, 3.8) is 0 Å². The van der Waals surface area contributed by atoms with Crippen molar-refractivity contribution in [3.05, 3.63) is 58.9 Å². The lowest BCUT2D eigenvalue weighted by molar-refractivity contribution is 0.262. The molecule has 1 aliphatic rings. The van der Waals surface area contributed by atoms with Gasteiger partial charge in [-0.15, -0.1) is 0 Å². The Morgan fingerprint density at radius 1 is 1.07 bits per heavy atom. The number of nitrogens with zero attached hydrogens (tertiary/aromatic N) is 2. The Balaban J connectivity index is 1.47. The molecule has 0 aromatic heterocycles. The summed E-state index contributed by atoms with van der Waals surface area (Å²) in [6.07, 6.45) is 0. The van der Waals surface area contributed by atoms with Crippen LogP contribution in [0.25, 0.3) is 0 Å². The van der Waals surface area contributed by atoms with E-state index in [4.69, 9.17) is 11.6 Å². The summed E-state index contributed by atoms with van der Waals surface area (Å²) in [4.78, 5) is 4.60. The zero-order valence-electron chi connectivity index (χ0n) is 15.2. The molecule has 1 saturated heterocycles. The second kappa shape index (κ2) is 8.56. The lowest BCUT2D eigenvalue weighted by Gasteiger charge is -2.36. The third kappa shape index (κ3) is 5.19. The number of piperazine rings is 1. The van der Waals surface area contributed by atoms with E-state index < -0.39 is 10.0 Å². The summed E-state index contributed by atoms with van der Waals surface area (Å²) in [6, 6.07) is 11.2. The van der Waals surface area contributed by atoms with Gasteiger partial charge in [-0.25, -0.2) is 17.5 Å². The summed E-state index contributed by atoms with van der Waals surface area (Å²) in [6.45, 7) is 6.11. The Hall–Kier alpha value is -1.67. The summed E-state index contributed by atoms with van der Waals surface area (Å²) in [5, 5.41) is 0.440. The first kappa shape index (κ1) is 20.1. The van der Waals surface area contributed by atoms with E-state index >= 15 is 0 Å². The first-order valence-electron chi connectivity index (χ1n) is 8.84. The van der Waals surface area contributed by atoms with Crippen LogP contribution in [0.15, 0.2) is 47.4 Å². The molecule has 1 aliphatic heterocycles. The van der Waals surface area contributed by atoms with E-state index in [2.05, 4.69) is 14.5 Å². The van der Waals surface area contributed by atoms with Crippen LogP contribution in [0.4, 0.5) is 10.1 Å². The van der Waals surface area contributed by atoms with Crippen LogP contribution in [0.3, 0.4) is 0 Å². The average Bonchev–Trinajstić information content (AvgIpc) is 2.65. The van der Waals surface area contributed by atoms with E-state index in [9.17, 15) is 12.8 Å². The maximum atomic E-state index is 13.0. The summed E-state index contributed by atoms with van der Waals surface area (Å²) >= 11 is 6.02. The average molecular weight is 412 g/mol. The highest BCUT2D eigenvalue weighted by molar-refractivity contribution is 7.89. The van der Waals surface area contributed by atoms with E-state index in [0.29, 0.717) is 18.1 Å². The molecule has 0 spiro atoms. The molecule has 8 heteroatoms. The zero-order valence-corrected chi connectivity index (χ0v) is 16.7. The van der Waals surface area contributed by atoms with Gasteiger partial charge in [0, 0.05) is 50.0 Å². The Morgan fingerprint density at radius 3 is 2.37 bits per heavy atom. The fourth-order valence-corrected chi connectivity index (χ4v) is 4.34. The molecule has 2 aromatic carbocycles. The summed E-state index contributed by atoms with van der Waals surface area (Å²) in [5.74, 6) is -0.237. The van der Waals surface area contributed by atoms with E-state index in [-0.39, 0.29) is 10.7 Å². The lowest BCUT2D eigenvalue weighted by Crippen LogP contribution is -2.48. The molecule has 146 valence electrons. The summed E-state index contributed by atoms with van der Waals surface area (Å²) in [5.41, 5.74) is 1.85. The van der Waals surface area contributed by atoms with Crippen molar-refractivity contribution in [2.75, 3.05) is 44.2 Å². The number of nitrogens with one attached hydrogen (secondary N) is 1. The quantitative estimate of drug-likeness (QED) is 0.794. The van der Waals surface area contributed by atoms with Crippen LogP contribution < -0.4 is 9.62 Å². The van der Waals surface area contributed by atoms with Gasteiger partial charge in [0.1, 0.15) is 5.82 Å². The molecule has 1 fully saturated rings. The van der Waals surface area contributed by atoms with Gasteiger partial charge in [0.05, 0.1) is 4.90 Å². The van der Waals surface area contributed by atoms with Gasteiger partial charge in [-0.05, 0) is 48.9 Å². The van der Waals surface area contributed by atoms with E-state index in [1.54, 1.807) is 24.3 Å². The van der Waals surface area contributed by atoms with Crippen LogP contribution in [0, 0.1) is 12.7 Å². The lowest BCUT2D eigenvalue weighted by atomic mass is 10.2. The molecule has 27 heavy (non-hydrogen) atoms. The van der Waals surface area contributed by atoms with Gasteiger partial charge >= 0.3 is 0 Å². The van der Waals surface area contributed by atoms with Gasteiger partial charge in [0.15, 0.2) is 0 Å². The maximum absolute atomic E-state index is 13.0. The van der Waals surface area contributed by atoms with Crippen molar-refractivity contribution in [1.82, 2.24) is 9.62 Å². The largest absolute Gasteiger partial charge is 0.369 e. The highest BCUT2D eigenvalue weighted by Crippen LogP contribution is 2.20. The minimum Gasteiger partial charge on any atom is -0.369 e. The summed E-state index contributed by atoms with van der Waals surface area (Å²) in [7, 11) is -3.57. The molecular weight excluding hydrogens is 389 g/mol. The monoisotopic (exact) mass is 411 g/mol. The number of halogens is 2. The van der Waals surface area contributed by atoms with Gasteiger partial charge < -0.3 is 4.90 Å². The van der Waals surface area contributed by atoms with Gasteiger partial charge in [-0.1, -0.05) is 17.7 Å². The smallest absolute Gasteiger partial charge is 0.240 e. The first-order chi connectivity index (χ1) is 12.8. The van der Waals surface area contributed by atoms with Crippen LogP contribution in [-0.2, 0) is 10.0 Å². The molecule has 0 saturated carbocycles. The van der Waals surface area contributed by atoms with Crippen molar-refractivity contribution >= 4 is 27.3 Å². The van der Waals surface area contributed by atoms with Crippen LogP contribution in [0.1, 0.15) is 5.56 Å².